The fraction of sp³-hybridized carbons (Fsp3) is 0.250. The Labute approximate surface area is 113 Å². The average molecular weight is 259 g/mol. The van der Waals surface area contributed by atoms with E-state index in [9.17, 15) is 4.39 Å². The second kappa shape index (κ2) is 6.34. The number of ether oxygens (including phenoxy) is 1. The molecule has 0 saturated heterocycles. The molecule has 100 valence electrons. The van der Waals surface area contributed by atoms with Crippen LogP contribution in [0.2, 0.25) is 0 Å². The van der Waals surface area contributed by atoms with Gasteiger partial charge in [0.1, 0.15) is 11.6 Å². The minimum Gasteiger partial charge on any atom is -0.494 e. The van der Waals surface area contributed by atoms with Crippen molar-refractivity contribution in [3.05, 3.63) is 65.5 Å². The first-order valence-corrected chi connectivity index (χ1v) is 6.44. The second-order valence-electron chi connectivity index (χ2n) is 4.45. The maximum atomic E-state index is 13.2. The first kappa shape index (κ1) is 13.6. The molecule has 0 aliphatic carbocycles. The van der Waals surface area contributed by atoms with E-state index in [-0.39, 0.29) is 11.9 Å². The van der Waals surface area contributed by atoms with Crippen LogP contribution in [-0.4, -0.2) is 6.61 Å². The Hall–Kier alpha value is -1.87. The summed E-state index contributed by atoms with van der Waals surface area (Å²) in [6.45, 7) is 2.77. The van der Waals surface area contributed by atoms with Gasteiger partial charge in [0.2, 0.25) is 0 Å². The highest BCUT2D eigenvalue weighted by Gasteiger charge is 2.09. The first-order valence-electron chi connectivity index (χ1n) is 6.44. The zero-order valence-electron chi connectivity index (χ0n) is 11.0. The molecule has 0 amide bonds. The Morgan fingerprint density at radius 2 is 1.84 bits per heavy atom. The van der Waals surface area contributed by atoms with Crippen molar-refractivity contribution < 1.29 is 9.13 Å². The molecule has 19 heavy (non-hydrogen) atoms. The summed E-state index contributed by atoms with van der Waals surface area (Å²) in [5, 5.41) is 0. The van der Waals surface area contributed by atoms with Crippen molar-refractivity contribution in [1.82, 2.24) is 0 Å². The van der Waals surface area contributed by atoms with Gasteiger partial charge in [0, 0.05) is 0 Å². The molecule has 0 bridgehead atoms. The maximum absolute atomic E-state index is 13.2. The zero-order chi connectivity index (χ0) is 13.7. The van der Waals surface area contributed by atoms with Crippen molar-refractivity contribution in [2.75, 3.05) is 6.61 Å². The van der Waals surface area contributed by atoms with Gasteiger partial charge in [-0.2, -0.15) is 0 Å². The molecule has 0 heterocycles. The van der Waals surface area contributed by atoms with Gasteiger partial charge in [-0.05, 0) is 41.8 Å². The average Bonchev–Trinajstić information content (AvgIpc) is 2.45. The lowest BCUT2D eigenvalue weighted by Crippen LogP contribution is -2.11. The van der Waals surface area contributed by atoms with Crippen LogP contribution in [0.15, 0.2) is 48.5 Å². The van der Waals surface area contributed by atoms with E-state index in [0.29, 0.717) is 6.61 Å². The van der Waals surface area contributed by atoms with Crippen LogP contribution in [0, 0.1) is 5.82 Å². The molecule has 0 spiro atoms. The van der Waals surface area contributed by atoms with Gasteiger partial charge < -0.3 is 10.5 Å². The fourth-order valence-electron chi connectivity index (χ4n) is 1.88. The predicted octanol–water partition coefficient (Wildman–Crippen LogP) is 3.66. The van der Waals surface area contributed by atoms with E-state index in [1.807, 2.05) is 30.3 Å². The molecule has 2 rings (SSSR count). The standard InChI is InChI=1S/C16H18FNO/c1-2-10-19-15-8-6-12(7-9-15)16(18)13-4-3-5-14(17)11-13/h3-9,11,16H,2,10,18H2,1H3. The summed E-state index contributed by atoms with van der Waals surface area (Å²) in [6, 6.07) is 13.7. The van der Waals surface area contributed by atoms with Crippen LogP contribution >= 0.6 is 0 Å². The molecule has 0 aliphatic heterocycles. The number of benzene rings is 2. The SMILES string of the molecule is CCCOc1ccc(C(N)c2cccc(F)c2)cc1. The van der Waals surface area contributed by atoms with Gasteiger partial charge in [-0.15, -0.1) is 0 Å². The zero-order valence-corrected chi connectivity index (χ0v) is 11.0. The summed E-state index contributed by atoms with van der Waals surface area (Å²) < 4.78 is 18.7. The normalized spacial score (nSPS) is 12.2. The molecular formula is C16H18FNO. The highest BCUT2D eigenvalue weighted by Crippen LogP contribution is 2.22. The van der Waals surface area contributed by atoms with E-state index in [0.717, 1.165) is 23.3 Å². The monoisotopic (exact) mass is 259 g/mol. The molecule has 3 heteroatoms. The molecule has 1 atom stereocenters. The van der Waals surface area contributed by atoms with E-state index >= 15 is 0 Å². The Kier molecular flexibility index (Phi) is 4.53. The summed E-state index contributed by atoms with van der Waals surface area (Å²) in [7, 11) is 0. The number of nitrogens with two attached hydrogens (primary N) is 1. The van der Waals surface area contributed by atoms with Crippen LogP contribution in [0.1, 0.15) is 30.5 Å². The van der Waals surface area contributed by atoms with Crippen LogP contribution < -0.4 is 10.5 Å². The van der Waals surface area contributed by atoms with Crippen molar-refractivity contribution in [3.63, 3.8) is 0 Å². The third kappa shape index (κ3) is 3.55. The van der Waals surface area contributed by atoms with Gasteiger partial charge in [-0.25, -0.2) is 4.39 Å². The Bertz CT molecular complexity index is 525. The van der Waals surface area contributed by atoms with Crippen molar-refractivity contribution in [3.8, 4) is 5.75 Å². The first-order chi connectivity index (χ1) is 9.20. The van der Waals surface area contributed by atoms with Gasteiger partial charge >= 0.3 is 0 Å². The fourth-order valence-corrected chi connectivity index (χ4v) is 1.88. The quantitative estimate of drug-likeness (QED) is 0.889. The summed E-state index contributed by atoms with van der Waals surface area (Å²) in [5.41, 5.74) is 7.83. The minimum absolute atomic E-state index is 0.268. The summed E-state index contributed by atoms with van der Waals surface area (Å²) in [6.07, 6.45) is 0.977. The summed E-state index contributed by atoms with van der Waals surface area (Å²) in [5.74, 6) is 0.563. The Morgan fingerprint density at radius 3 is 2.47 bits per heavy atom. The molecule has 0 radical (unpaired) electrons. The molecule has 2 N–H and O–H groups in total. The third-order valence-corrected chi connectivity index (χ3v) is 2.92. The topological polar surface area (TPSA) is 35.2 Å². The molecule has 2 aromatic rings. The summed E-state index contributed by atoms with van der Waals surface area (Å²) >= 11 is 0. The Morgan fingerprint density at radius 1 is 1.11 bits per heavy atom. The Balaban J connectivity index is 2.13. The van der Waals surface area contributed by atoms with Crippen molar-refractivity contribution in [1.29, 1.82) is 0 Å². The van der Waals surface area contributed by atoms with Crippen LogP contribution in [-0.2, 0) is 0 Å². The largest absolute Gasteiger partial charge is 0.494 e. The van der Waals surface area contributed by atoms with Gasteiger partial charge in [-0.1, -0.05) is 31.2 Å². The lowest BCUT2D eigenvalue weighted by atomic mass is 9.99. The van der Waals surface area contributed by atoms with Crippen molar-refractivity contribution in [2.45, 2.75) is 19.4 Å². The lowest BCUT2D eigenvalue weighted by Gasteiger charge is -2.13. The van der Waals surface area contributed by atoms with Gasteiger partial charge in [-0.3, -0.25) is 0 Å². The molecule has 0 aromatic heterocycles. The van der Waals surface area contributed by atoms with Crippen LogP contribution in [0.25, 0.3) is 0 Å². The predicted molar refractivity (Wildman–Crippen MR) is 74.7 cm³/mol. The van der Waals surface area contributed by atoms with E-state index < -0.39 is 0 Å². The number of hydrogen-bond donors (Lipinski definition) is 1. The van der Waals surface area contributed by atoms with E-state index in [1.54, 1.807) is 6.07 Å². The maximum Gasteiger partial charge on any atom is 0.123 e. The van der Waals surface area contributed by atoms with Crippen LogP contribution in [0.3, 0.4) is 0 Å². The van der Waals surface area contributed by atoms with E-state index in [1.165, 1.54) is 12.1 Å². The molecule has 0 fully saturated rings. The number of hydrogen-bond acceptors (Lipinski definition) is 2. The highest BCUT2D eigenvalue weighted by molar-refractivity contribution is 5.35. The number of halogens is 1. The van der Waals surface area contributed by atoms with E-state index in [4.69, 9.17) is 10.5 Å². The number of rotatable bonds is 5. The molecular weight excluding hydrogens is 241 g/mol. The smallest absolute Gasteiger partial charge is 0.123 e. The molecule has 0 aliphatic rings. The van der Waals surface area contributed by atoms with Crippen molar-refractivity contribution >= 4 is 0 Å². The molecule has 2 aromatic carbocycles. The van der Waals surface area contributed by atoms with Gasteiger partial charge in [0.25, 0.3) is 0 Å². The van der Waals surface area contributed by atoms with Gasteiger partial charge in [0.15, 0.2) is 0 Å². The lowest BCUT2D eigenvalue weighted by molar-refractivity contribution is 0.317. The van der Waals surface area contributed by atoms with Crippen LogP contribution in [0.4, 0.5) is 4.39 Å². The highest BCUT2D eigenvalue weighted by atomic mass is 19.1. The second-order valence-corrected chi connectivity index (χ2v) is 4.45. The summed E-state index contributed by atoms with van der Waals surface area (Å²) in [4.78, 5) is 0. The van der Waals surface area contributed by atoms with Gasteiger partial charge in [0.05, 0.1) is 12.6 Å². The van der Waals surface area contributed by atoms with E-state index in [2.05, 4.69) is 6.92 Å². The van der Waals surface area contributed by atoms with Crippen molar-refractivity contribution in [2.24, 2.45) is 5.73 Å². The molecule has 2 nitrogen and oxygen atoms in total. The minimum atomic E-state index is -0.323. The van der Waals surface area contributed by atoms with Crippen LogP contribution in [0.5, 0.6) is 5.75 Å². The molecule has 0 saturated carbocycles. The third-order valence-electron chi connectivity index (χ3n) is 2.92. The molecule has 1 unspecified atom stereocenters.